The quantitative estimate of drug-likeness (QED) is 0.270. The van der Waals surface area contributed by atoms with Crippen molar-refractivity contribution >= 4 is 11.9 Å². The number of unbranched alkanes of at least 4 members (excludes halogenated alkanes) is 7. The van der Waals surface area contributed by atoms with Crippen molar-refractivity contribution in [2.45, 2.75) is 104 Å². The Morgan fingerprint density at radius 2 is 1.30 bits per heavy atom. The molecule has 158 valence electrons. The van der Waals surface area contributed by atoms with E-state index in [0.717, 1.165) is 51.4 Å². The van der Waals surface area contributed by atoms with Gasteiger partial charge in [-0.3, -0.25) is 9.59 Å². The summed E-state index contributed by atoms with van der Waals surface area (Å²) in [6.45, 7) is 7.55. The molecule has 0 radical (unpaired) electrons. The first-order valence-electron chi connectivity index (χ1n) is 11.5. The number of ether oxygens (including phenoxy) is 2. The van der Waals surface area contributed by atoms with E-state index >= 15 is 0 Å². The maximum Gasteiger partial charge on any atom is 0.309 e. The fraction of sp³-hybridized carbons (Fsp3) is 0.913. The molecular formula is C23H42O4. The van der Waals surface area contributed by atoms with Crippen molar-refractivity contribution in [2.24, 2.45) is 17.8 Å². The first-order valence-corrected chi connectivity index (χ1v) is 11.5. The summed E-state index contributed by atoms with van der Waals surface area (Å²) in [6.07, 6.45) is 13.4. The number of esters is 2. The summed E-state index contributed by atoms with van der Waals surface area (Å²) in [5.74, 6) is 0.0406. The summed E-state index contributed by atoms with van der Waals surface area (Å²) in [7, 11) is 0. The molecule has 4 heteroatoms. The lowest BCUT2D eigenvalue weighted by atomic mass is 9.73. The van der Waals surface area contributed by atoms with E-state index in [1.165, 1.54) is 32.1 Å². The molecule has 1 rings (SSSR count). The van der Waals surface area contributed by atoms with Gasteiger partial charge in [0.2, 0.25) is 0 Å². The average Bonchev–Trinajstić information content (AvgIpc) is 2.69. The van der Waals surface area contributed by atoms with Gasteiger partial charge < -0.3 is 9.47 Å². The van der Waals surface area contributed by atoms with Crippen LogP contribution in [-0.2, 0) is 19.1 Å². The van der Waals surface area contributed by atoms with Crippen LogP contribution in [0.2, 0.25) is 0 Å². The second kappa shape index (κ2) is 14.9. The molecule has 0 saturated heterocycles. The fourth-order valence-electron chi connectivity index (χ4n) is 4.04. The van der Waals surface area contributed by atoms with Crippen LogP contribution in [0.4, 0.5) is 0 Å². The molecule has 1 aliphatic carbocycles. The van der Waals surface area contributed by atoms with Crippen molar-refractivity contribution in [3.63, 3.8) is 0 Å². The van der Waals surface area contributed by atoms with Gasteiger partial charge in [-0.25, -0.2) is 0 Å². The largest absolute Gasteiger partial charge is 0.465 e. The predicted molar refractivity (Wildman–Crippen MR) is 109 cm³/mol. The van der Waals surface area contributed by atoms with E-state index in [1.54, 1.807) is 0 Å². The third-order valence-corrected chi connectivity index (χ3v) is 5.88. The van der Waals surface area contributed by atoms with Gasteiger partial charge in [0.1, 0.15) is 0 Å². The SMILES string of the molecule is CCCCCCCOC(=O)C1CCC(C(=O)OCCCCCC)CC1CC. The van der Waals surface area contributed by atoms with Crippen LogP contribution in [0.1, 0.15) is 104 Å². The van der Waals surface area contributed by atoms with Crippen molar-refractivity contribution in [3.8, 4) is 0 Å². The van der Waals surface area contributed by atoms with E-state index in [-0.39, 0.29) is 29.7 Å². The lowest BCUT2D eigenvalue weighted by Crippen LogP contribution is -2.35. The molecule has 0 bridgehead atoms. The Kier molecular flexibility index (Phi) is 13.3. The monoisotopic (exact) mass is 382 g/mol. The van der Waals surface area contributed by atoms with E-state index in [1.807, 2.05) is 0 Å². The van der Waals surface area contributed by atoms with Crippen molar-refractivity contribution < 1.29 is 19.1 Å². The van der Waals surface area contributed by atoms with Crippen molar-refractivity contribution in [2.75, 3.05) is 13.2 Å². The lowest BCUT2D eigenvalue weighted by Gasteiger charge is -2.33. The Bertz CT molecular complexity index is 407. The van der Waals surface area contributed by atoms with E-state index in [9.17, 15) is 9.59 Å². The molecule has 0 aromatic heterocycles. The highest BCUT2D eigenvalue weighted by atomic mass is 16.5. The minimum atomic E-state index is -0.0623. The highest BCUT2D eigenvalue weighted by Gasteiger charge is 2.38. The molecule has 3 atom stereocenters. The van der Waals surface area contributed by atoms with Gasteiger partial charge in [-0.1, -0.05) is 72.1 Å². The molecule has 0 spiro atoms. The van der Waals surface area contributed by atoms with Crippen LogP contribution in [0.25, 0.3) is 0 Å². The molecule has 27 heavy (non-hydrogen) atoms. The van der Waals surface area contributed by atoms with Gasteiger partial charge in [0.25, 0.3) is 0 Å². The molecule has 1 saturated carbocycles. The molecule has 0 aromatic rings. The lowest BCUT2D eigenvalue weighted by molar-refractivity contribution is -0.158. The Hall–Kier alpha value is -1.06. The maximum absolute atomic E-state index is 12.5. The fourth-order valence-corrected chi connectivity index (χ4v) is 4.04. The molecule has 0 aromatic carbocycles. The van der Waals surface area contributed by atoms with Gasteiger partial charge in [-0.05, 0) is 38.0 Å². The normalized spacial score (nSPS) is 22.4. The molecule has 0 aliphatic heterocycles. The van der Waals surface area contributed by atoms with E-state index in [4.69, 9.17) is 9.47 Å². The molecule has 3 unspecified atom stereocenters. The summed E-state index contributed by atoms with van der Waals surface area (Å²) in [6, 6.07) is 0. The molecule has 0 amide bonds. The number of carbonyl (C=O) groups excluding carboxylic acids is 2. The summed E-state index contributed by atoms with van der Waals surface area (Å²) < 4.78 is 11.0. The highest BCUT2D eigenvalue weighted by molar-refractivity contribution is 5.75. The van der Waals surface area contributed by atoms with Gasteiger partial charge in [0.15, 0.2) is 0 Å². The summed E-state index contributed by atoms with van der Waals surface area (Å²) >= 11 is 0. The van der Waals surface area contributed by atoms with Crippen molar-refractivity contribution in [1.29, 1.82) is 0 Å². The minimum Gasteiger partial charge on any atom is -0.465 e. The van der Waals surface area contributed by atoms with E-state index in [2.05, 4.69) is 20.8 Å². The third kappa shape index (κ3) is 9.62. The zero-order valence-corrected chi connectivity index (χ0v) is 18.0. The van der Waals surface area contributed by atoms with Crippen LogP contribution in [0.3, 0.4) is 0 Å². The molecule has 0 heterocycles. The average molecular weight is 383 g/mol. The van der Waals surface area contributed by atoms with Crippen LogP contribution >= 0.6 is 0 Å². The van der Waals surface area contributed by atoms with Crippen LogP contribution in [0, 0.1) is 17.8 Å². The topological polar surface area (TPSA) is 52.6 Å². The van der Waals surface area contributed by atoms with Gasteiger partial charge in [0, 0.05) is 0 Å². The van der Waals surface area contributed by atoms with Crippen LogP contribution < -0.4 is 0 Å². The molecule has 1 aliphatic rings. The Morgan fingerprint density at radius 1 is 0.741 bits per heavy atom. The summed E-state index contributed by atoms with van der Waals surface area (Å²) in [4.78, 5) is 24.8. The molecule has 1 fully saturated rings. The molecular weight excluding hydrogens is 340 g/mol. The summed E-state index contributed by atoms with van der Waals surface area (Å²) in [5, 5.41) is 0. The standard InChI is InChI=1S/C23H42O4/c1-4-7-9-11-13-17-27-23(25)21-15-14-20(18-19(21)6-3)22(24)26-16-12-10-8-5-2/h19-21H,4-18H2,1-3H3. The summed E-state index contributed by atoms with van der Waals surface area (Å²) in [5.41, 5.74) is 0. The van der Waals surface area contributed by atoms with Gasteiger partial charge >= 0.3 is 11.9 Å². The highest BCUT2D eigenvalue weighted by Crippen LogP contribution is 2.37. The number of hydrogen-bond donors (Lipinski definition) is 0. The predicted octanol–water partition coefficient (Wildman–Crippen LogP) is 6.07. The van der Waals surface area contributed by atoms with Gasteiger partial charge in [0.05, 0.1) is 25.0 Å². The van der Waals surface area contributed by atoms with E-state index < -0.39 is 0 Å². The van der Waals surface area contributed by atoms with Crippen LogP contribution in [0.5, 0.6) is 0 Å². The smallest absolute Gasteiger partial charge is 0.309 e. The number of hydrogen-bond acceptors (Lipinski definition) is 4. The second-order valence-electron chi connectivity index (χ2n) is 8.09. The molecule has 0 N–H and O–H groups in total. The maximum atomic E-state index is 12.5. The van der Waals surface area contributed by atoms with Crippen molar-refractivity contribution in [1.82, 2.24) is 0 Å². The van der Waals surface area contributed by atoms with Gasteiger partial charge in [-0.2, -0.15) is 0 Å². The van der Waals surface area contributed by atoms with E-state index in [0.29, 0.717) is 13.2 Å². The first-order chi connectivity index (χ1) is 13.1. The van der Waals surface area contributed by atoms with Crippen LogP contribution in [-0.4, -0.2) is 25.2 Å². The minimum absolute atomic E-state index is 0.0424. The zero-order valence-electron chi connectivity index (χ0n) is 18.0. The third-order valence-electron chi connectivity index (χ3n) is 5.88. The Morgan fingerprint density at radius 3 is 1.89 bits per heavy atom. The van der Waals surface area contributed by atoms with Crippen LogP contribution in [0.15, 0.2) is 0 Å². The first kappa shape index (κ1) is 24.0. The molecule has 4 nitrogen and oxygen atoms in total. The van der Waals surface area contributed by atoms with Gasteiger partial charge in [-0.15, -0.1) is 0 Å². The number of rotatable bonds is 14. The second-order valence-corrected chi connectivity index (χ2v) is 8.09. The van der Waals surface area contributed by atoms with Crippen molar-refractivity contribution in [3.05, 3.63) is 0 Å². The Labute approximate surface area is 166 Å². The zero-order chi connectivity index (χ0) is 19.9. The number of carbonyl (C=O) groups is 2. The Balaban J connectivity index is 2.30.